The maximum absolute atomic E-state index is 13.2. The van der Waals surface area contributed by atoms with Crippen LogP contribution < -0.4 is 10.6 Å². The molecule has 1 aromatic carbocycles. The molecule has 1 unspecified atom stereocenters. The lowest BCUT2D eigenvalue weighted by Crippen LogP contribution is -2.51. The number of hydrogen-bond donors (Lipinski definition) is 2. The van der Waals surface area contributed by atoms with E-state index in [-0.39, 0.29) is 42.1 Å². The van der Waals surface area contributed by atoms with Crippen molar-refractivity contribution in [1.29, 1.82) is 0 Å². The van der Waals surface area contributed by atoms with Gasteiger partial charge in [0.2, 0.25) is 0 Å². The van der Waals surface area contributed by atoms with Crippen LogP contribution in [0.1, 0.15) is 36.6 Å². The molecule has 2 aromatic rings. The summed E-state index contributed by atoms with van der Waals surface area (Å²) in [5.41, 5.74) is 0.461. The summed E-state index contributed by atoms with van der Waals surface area (Å²) in [6.07, 6.45) is -1.06. The molecule has 1 aliphatic rings. The van der Waals surface area contributed by atoms with Crippen LogP contribution in [0.3, 0.4) is 0 Å². The zero-order chi connectivity index (χ0) is 21.6. The third kappa shape index (κ3) is 7.67. The molecule has 1 saturated heterocycles. The van der Waals surface area contributed by atoms with E-state index in [2.05, 4.69) is 37.8 Å². The summed E-state index contributed by atoms with van der Waals surface area (Å²) >= 11 is 0. The Morgan fingerprint density at radius 2 is 2.00 bits per heavy atom. The summed E-state index contributed by atoms with van der Waals surface area (Å²) in [7, 11) is 1.48. The van der Waals surface area contributed by atoms with Crippen molar-refractivity contribution >= 4 is 29.9 Å². The third-order valence-electron chi connectivity index (χ3n) is 5.02. The van der Waals surface area contributed by atoms with Crippen LogP contribution in [0.5, 0.6) is 0 Å². The van der Waals surface area contributed by atoms with Gasteiger partial charge in [-0.25, -0.2) is 4.99 Å². The Hall–Kier alpha value is -1.82. The van der Waals surface area contributed by atoms with Gasteiger partial charge >= 0.3 is 6.18 Å². The molecule has 31 heavy (non-hydrogen) atoms. The van der Waals surface area contributed by atoms with Crippen LogP contribution in [0.25, 0.3) is 0 Å². The molecule has 1 atom stereocenters. The Balaban J connectivity index is 0.00000341. The second-order valence-electron chi connectivity index (χ2n) is 7.57. The fourth-order valence-electron chi connectivity index (χ4n) is 3.73. The van der Waals surface area contributed by atoms with Gasteiger partial charge in [0.25, 0.3) is 0 Å². The normalized spacial score (nSPS) is 17.8. The minimum Gasteiger partial charge on any atom is -0.357 e. The standard InChI is InChI=1S/C21H29F3N6.HI/c1-3-25-20(26-12-17-14-29(2)28-19(17)21(22,23)24)27-18-10-7-11-30(15-18)13-16-8-5-4-6-9-16;/h4-6,8-9,14,18H,3,7,10-13,15H2,1-2H3,(H2,25,26,27);1H. The van der Waals surface area contributed by atoms with Crippen molar-refractivity contribution in [3.63, 3.8) is 0 Å². The molecule has 0 spiro atoms. The Morgan fingerprint density at radius 1 is 1.26 bits per heavy atom. The number of halogens is 4. The molecule has 2 heterocycles. The van der Waals surface area contributed by atoms with Crippen molar-refractivity contribution in [2.45, 2.75) is 45.1 Å². The van der Waals surface area contributed by atoms with Gasteiger partial charge in [0, 0.05) is 44.5 Å². The predicted molar refractivity (Wildman–Crippen MR) is 126 cm³/mol. The minimum absolute atomic E-state index is 0. The number of likely N-dealkylation sites (tertiary alicyclic amines) is 1. The molecular formula is C21H30F3IN6. The zero-order valence-corrected chi connectivity index (χ0v) is 20.2. The average Bonchev–Trinajstić information content (AvgIpc) is 3.09. The van der Waals surface area contributed by atoms with Crippen molar-refractivity contribution < 1.29 is 13.2 Å². The Kier molecular flexibility index (Phi) is 9.60. The fourth-order valence-corrected chi connectivity index (χ4v) is 3.73. The maximum Gasteiger partial charge on any atom is 0.435 e. The number of alkyl halides is 3. The van der Waals surface area contributed by atoms with Crippen molar-refractivity contribution in [2.24, 2.45) is 12.0 Å². The lowest BCUT2D eigenvalue weighted by atomic mass is 10.0. The summed E-state index contributed by atoms with van der Waals surface area (Å²) in [6, 6.07) is 10.5. The van der Waals surface area contributed by atoms with E-state index < -0.39 is 11.9 Å². The third-order valence-corrected chi connectivity index (χ3v) is 5.02. The van der Waals surface area contributed by atoms with Crippen LogP contribution in [-0.4, -0.2) is 46.3 Å². The highest BCUT2D eigenvalue weighted by Crippen LogP contribution is 2.30. The van der Waals surface area contributed by atoms with Gasteiger partial charge in [0.1, 0.15) is 0 Å². The van der Waals surface area contributed by atoms with Gasteiger partial charge in [-0.1, -0.05) is 30.3 Å². The molecule has 6 nitrogen and oxygen atoms in total. The van der Waals surface area contributed by atoms with E-state index in [0.717, 1.165) is 32.5 Å². The van der Waals surface area contributed by atoms with Gasteiger partial charge in [-0.05, 0) is 31.9 Å². The Bertz CT molecular complexity index is 837. The van der Waals surface area contributed by atoms with Crippen LogP contribution >= 0.6 is 24.0 Å². The van der Waals surface area contributed by atoms with Crippen LogP contribution in [-0.2, 0) is 26.3 Å². The van der Waals surface area contributed by atoms with Crippen molar-refractivity contribution in [2.75, 3.05) is 19.6 Å². The number of nitrogens with one attached hydrogen (secondary N) is 2. The number of nitrogens with zero attached hydrogens (tertiary/aromatic N) is 4. The molecule has 10 heteroatoms. The molecule has 0 radical (unpaired) electrons. The highest BCUT2D eigenvalue weighted by molar-refractivity contribution is 14.0. The first-order chi connectivity index (χ1) is 14.3. The largest absolute Gasteiger partial charge is 0.435 e. The first kappa shape index (κ1) is 25.4. The van der Waals surface area contributed by atoms with Gasteiger partial charge < -0.3 is 10.6 Å². The summed E-state index contributed by atoms with van der Waals surface area (Å²) in [5, 5.41) is 10.1. The van der Waals surface area contributed by atoms with Crippen LogP contribution in [0.2, 0.25) is 0 Å². The molecule has 0 aliphatic carbocycles. The highest BCUT2D eigenvalue weighted by atomic mass is 127. The van der Waals surface area contributed by atoms with E-state index in [1.807, 2.05) is 25.1 Å². The average molecular weight is 550 g/mol. The summed E-state index contributed by atoms with van der Waals surface area (Å²) < 4.78 is 40.7. The molecule has 172 valence electrons. The summed E-state index contributed by atoms with van der Waals surface area (Å²) in [6.45, 7) is 5.26. The van der Waals surface area contributed by atoms with E-state index in [1.165, 1.54) is 23.5 Å². The molecule has 1 aromatic heterocycles. The molecule has 0 saturated carbocycles. The Labute approximate surface area is 198 Å². The van der Waals surface area contributed by atoms with Crippen molar-refractivity contribution in [1.82, 2.24) is 25.3 Å². The van der Waals surface area contributed by atoms with Gasteiger partial charge in [0.15, 0.2) is 11.7 Å². The minimum atomic E-state index is -4.49. The number of guanidine groups is 1. The number of hydrogen-bond acceptors (Lipinski definition) is 3. The Morgan fingerprint density at radius 3 is 2.68 bits per heavy atom. The van der Waals surface area contributed by atoms with Crippen molar-refractivity contribution in [3.05, 3.63) is 53.3 Å². The van der Waals surface area contributed by atoms with E-state index in [0.29, 0.717) is 12.5 Å². The van der Waals surface area contributed by atoms with Gasteiger partial charge in [-0.15, -0.1) is 24.0 Å². The highest BCUT2D eigenvalue weighted by Gasteiger charge is 2.36. The number of aryl methyl sites for hydroxylation is 1. The molecule has 1 fully saturated rings. The van der Waals surface area contributed by atoms with Crippen LogP contribution in [0.15, 0.2) is 41.5 Å². The molecule has 3 rings (SSSR count). The van der Waals surface area contributed by atoms with Gasteiger partial charge in [-0.2, -0.15) is 18.3 Å². The second-order valence-corrected chi connectivity index (χ2v) is 7.57. The molecule has 2 N–H and O–H groups in total. The maximum atomic E-state index is 13.2. The summed E-state index contributed by atoms with van der Waals surface area (Å²) in [4.78, 5) is 6.79. The second kappa shape index (κ2) is 11.7. The number of rotatable bonds is 6. The lowest BCUT2D eigenvalue weighted by Gasteiger charge is -2.34. The quantitative estimate of drug-likeness (QED) is 0.327. The number of aliphatic imine (C=N–C) groups is 1. The van der Waals surface area contributed by atoms with Crippen molar-refractivity contribution in [3.8, 4) is 0 Å². The first-order valence-corrected chi connectivity index (χ1v) is 10.3. The first-order valence-electron chi connectivity index (χ1n) is 10.3. The SMILES string of the molecule is CCNC(=NCc1cn(C)nc1C(F)(F)F)NC1CCCN(Cc2ccccc2)C1.I. The molecule has 1 aliphatic heterocycles. The monoisotopic (exact) mass is 550 g/mol. The lowest BCUT2D eigenvalue weighted by molar-refractivity contribution is -0.142. The number of benzene rings is 1. The van der Waals surface area contributed by atoms with Crippen LogP contribution in [0.4, 0.5) is 13.2 Å². The topological polar surface area (TPSA) is 57.5 Å². The van der Waals surface area contributed by atoms with E-state index in [1.54, 1.807) is 0 Å². The molecular weight excluding hydrogens is 520 g/mol. The molecule has 0 amide bonds. The fraction of sp³-hybridized carbons (Fsp3) is 0.524. The number of aromatic nitrogens is 2. The smallest absolute Gasteiger partial charge is 0.357 e. The van der Waals surface area contributed by atoms with Crippen LogP contribution in [0, 0.1) is 0 Å². The summed E-state index contributed by atoms with van der Waals surface area (Å²) in [5.74, 6) is 0.529. The van der Waals surface area contributed by atoms with Gasteiger partial charge in [0.05, 0.1) is 6.54 Å². The predicted octanol–water partition coefficient (Wildman–Crippen LogP) is 3.78. The van der Waals surface area contributed by atoms with E-state index >= 15 is 0 Å². The molecule has 0 bridgehead atoms. The van der Waals surface area contributed by atoms with Gasteiger partial charge in [-0.3, -0.25) is 9.58 Å². The van der Waals surface area contributed by atoms with E-state index in [4.69, 9.17) is 0 Å². The zero-order valence-electron chi connectivity index (χ0n) is 17.8. The van der Waals surface area contributed by atoms with E-state index in [9.17, 15) is 13.2 Å². The number of piperidine rings is 1.